The Bertz CT molecular complexity index is 301. The molecule has 2 fully saturated rings. The number of rotatable bonds is 2. The first kappa shape index (κ1) is 11.4. The van der Waals surface area contributed by atoms with Gasteiger partial charge in [-0.05, 0) is 24.7 Å². The first-order valence-corrected chi connectivity index (χ1v) is 6.09. The molecule has 0 aromatic rings. The van der Waals surface area contributed by atoms with Crippen LogP contribution in [0.4, 0.5) is 4.79 Å². The van der Waals surface area contributed by atoms with Crippen LogP contribution in [0.2, 0.25) is 0 Å². The molecule has 1 aliphatic carbocycles. The Labute approximate surface area is 95.9 Å². The molecule has 0 N–H and O–H groups in total. The van der Waals surface area contributed by atoms with E-state index in [1.165, 1.54) is 4.90 Å². The lowest BCUT2D eigenvalue weighted by atomic mass is 9.85. The standard InChI is InChI=1S/C12H19NO3/c1-8(2)9-4-3-5-10(9)11(14)13-6-7-16-12(13)15/h8-10H,3-7H2,1-2H3/t9-,10+/m1/s1. The minimum Gasteiger partial charge on any atom is -0.447 e. The molecular formula is C12H19NO3. The van der Waals surface area contributed by atoms with Crippen molar-refractivity contribution in [1.82, 2.24) is 4.90 Å². The highest BCUT2D eigenvalue weighted by atomic mass is 16.6. The van der Waals surface area contributed by atoms with Crippen LogP contribution in [-0.2, 0) is 9.53 Å². The van der Waals surface area contributed by atoms with Gasteiger partial charge in [-0.1, -0.05) is 20.3 Å². The molecule has 2 aliphatic rings. The van der Waals surface area contributed by atoms with Crippen LogP contribution in [-0.4, -0.2) is 30.1 Å². The number of amides is 2. The van der Waals surface area contributed by atoms with Gasteiger partial charge in [-0.15, -0.1) is 0 Å². The Morgan fingerprint density at radius 3 is 2.75 bits per heavy atom. The van der Waals surface area contributed by atoms with E-state index in [-0.39, 0.29) is 11.8 Å². The van der Waals surface area contributed by atoms with Gasteiger partial charge in [-0.3, -0.25) is 4.79 Å². The summed E-state index contributed by atoms with van der Waals surface area (Å²) < 4.78 is 4.81. The van der Waals surface area contributed by atoms with E-state index in [0.29, 0.717) is 25.0 Å². The summed E-state index contributed by atoms with van der Waals surface area (Å²) in [5, 5.41) is 0. The fraction of sp³-hybridized carbons (Fsp3) is 0.833. The molecule has 0 bridgehead atoms. The number of ether oxygens (including phenoxy) is 1. The molecule has 0 radical (unpaired) electrons. The largest absolute Gasteiger partial charge is 0.447 e. The van der Waals surface area contributed by atoms with Gasteiger partial charge < -0.3 is 4.74 Å². The van der Waals surface area contributed by atoms with Crippen LogP contribution in [0.1, 0.15) is 33.1 Å². The van der Waals surface area contributed by atoms with Crippen molar-refractivity contribution >= 4 is 12.0 Å². The Kier molecular flexibility index (Phi) is 3.17. The molecule has 90 valence electrons. The normalized spacial score (nSPS) is 29.9. The number of cyclic esters (lactones) is 1. The Morgan fingerprint density at radius 2 is 2.19 bits per heavy atom. The summed E-state index contributed by atoms with van der Waals surface area (Å²) in [6, 6.07) is 0. The second-order valence-corrected chi connectivity index (χ2v) is 5.05. The van der Waals surface area contributed by atoms with Crippen LogP contribution >= 0.6 is 0 Å². The third kappa shape index (κ3) is 1.93. The maximum Gasteiger partial charge on any atom is 0.416 e. The Hall–Kier alpha value is -1.06. The quantitative estimate of drug-likeness (QED) is 0.722. The predicted octanol–water partition coefficient (Wildman–Crippen LogP) is 2.04. The van der Waals surface area contributed by atoms with Crippen LogP contribution < -0.4 is 0 Å². The molecule has 0 spiro atoms. The van der Waals surface area contributed by atoms with E-state index < -0.39 is 6.09 Å². The summed E-state index contributed by atoms with van der Waals surface area (Å²) in [7, 11) is 0. The number of hydrogen-bond donors (Lipinski definition) is 0. The first-order valence-electron chi connectivity index (χ1n) is 6.09. The van der Waals surface area contributed by atoms with Crippen molar-refractivity contribution in [3.8, 4) is 0 Å². The number of nitrogens with zero attached hydrogens (tertiary/aromatic N) is 1. The van der Waals surface area contributed by atoms with Crippen molar-refractivity contribution in [3.05, 3.63) is 0 Å². The van der Waals surface area contributed by atoms with E-state index in [9.17, 15) is 9.59 Å². The van der Waals surface area contributed by atoms with Gasteiger partial charge in [0, 0.05) is 5.92 Å². The minimum atomic E-state index is -0.459. The maximum absolute atomic E-state index is 12.2. The zero-order valence-electron chi connectivity index (χ0n) is 9.94. The zero-order chi connectivity index (χ0) is 11.7. The molecule has 16 heavy (non-hydrogen) atoms. The lowest BCUT2D eigenvalue weighted by Gasteiger charge is -2.24. The van der Waals surface area contributed by atoms with Gasteiger partial charge in [0.1, 0.15) is 6.61 Å². The van der Waals surface area contributed by atoms with Crippen LogP contribution in [0.5, 0.6) is 0 Å². The van der Waals surface area contributed by atoms with E-state index in [2.05, 4.69) is 13.8 Å². The molecule has 2 atom stereocenters. The van der Waals surface area contributed by atoms with Crippen molar-refractivity contribution < 1.29 is 14.3 Å². The number of carbonyl (C=O) groups excluding carboxylic acids is 2. The summed E-state index contributed by atoms with van der Waals surface area (Å²) in [5.41, 5.74) is 0. The summed E-state index contributed by atoms with van der Waals surface area (Å²) in [6.45, 7) is 5.08. The first-order chi connectivity index (χ1) is 7.61. The van der Waals surface area contributed by atoms with Crippen molar-refractivity contribution in [1.29, 1.82) is 0 Å². The molecule has 0 aromatic carbocycles. The highest BCUT2D eigenvalue weighted by molar-refractivity contribution is 5.94. The summed E-state index contributed by atoms with van der Waals surface area (Å²) in [6.07, 6.45) is 2.67. The van der Waals surface area contributed by atoms with Gasteiger partial charge in [-0.2, -0.15) is 0 Å². The monoisotopic (exact) mass is 225 g/mol. The van der Waals surface area contributed by atoms with Gasteiger partial charge in [0.25, 0.3) is 0 Å². The molecule has 4 heteroatoms. The second-order valence-electron chi connectivity index (χ2n) is 5.05. The topological polar surface area (TPSA) is 46.6 Å². The molecule has 4 nitrogen and oxygen atoms in total. The van der Waals surface area contributed by atoms with Crippen molar-refractivity contribution in [2.75, 3.05) is 13.2 Å². The predicted molar refractivity (Wildman–Crippen MR) is 58.7 cm³/mol. The average Bonchev–Trinajstić information content (AvgIpc) is 2.84. The van der Waals surface area contributed by atoms with E-state index in [1.54, 1.807) is 0 Å². The summed E-state index contributed by atoms with van der Waals surface area (Å²) >= 11 is 0. The van der Waals surface area contributed by atoms with E-state index in [0.717, 1.165) is 19.3 Å². The molecule has 0 aromatic heterocycles. The minimum absolute atomic E-state index is 0.0151. The molecular weight excluding hydrogens is 206 g/mol. The molecule has 2 rings (SSSR count). The van der Waals surface area contributed by atoms with Gasteiger partial charge in [-0.25, -0.2) is 9.69 Å². The highest BCUT2D eigenvalue weighted by Crippen LogP contribution is 2.38. The number of hydrogen-bond acceptors (Lipinski definition) is 3. The van der Waals surface area contributed by atoms with Crippen molar-refractivity contribution in [2.45, 2.75) is 33.1 Å². The van der Waals surface area contributed by atoms with Gasteiger partial charge in [0.05, 0.1) is 6.54 Å². The van der Waals surface area contributed by atoms with Gasteiger partial charge >= 0.3 is 6.09 Å². The van der Waals surface area contributed by atoms with Crippen LogP contribution in [0.3, 0.4) is 0 Å². The average molecular weight is 225 g/mol. The number of carbonyl (C=O) groups is 2. The molecule has 2 amide bonds. The van der Waals surface area contributed by atoms with Crippen LogP contribution in [0.15, 0.2) is 0 Å². The van der Waals surface area contributed by atoms with Crippen LogP contribution in [0, 0.1) is 17.8 Å². The molecule has 1 aliphatic heterocycles. The fourth-order valence-corrected chi connectivity index (χ4v) is 2.89. The summed E-state index contributed by atoms with van der Waals surface area (Å²) in [4.78, 5) is 24.8. The lowest BCUT2D eigenvalue weighted by molar-refractivity contribution is -0.133. The van der Waals surface area contributed by atoms with Gasteiger partial charge in [0.2, 0.25) is 5.91 Å². The van der Waals surface area contributed by atoms with Gasteiger partial charge in [0.15, 0.2) is 0 Å². The maximum atomic E-state index is 12.2. The summed E-state index contributed by atoms with van der Waals surface area (Å²) in [5.74, 6) is 0.959. The molecule has 1 heterocycles. The third-order valence-corrected chi connectivity index (χ3v) is 3.77. The van der Waals surface area contributed by atoms with Crippen molar-refractivity contribution in [2.24, 2.45) is 17.8 Å². The highest BCUT2D eigenvalue weighted by Gasteiger charge is 2.40. The zero-order valence-corrected chi connectivity index (χ0v) is 9.94. The van der Waals surface area contributed by atoms with Crippen LogP contribution in [0.25, 0.3) is 0 Å². The lowest BCUT2D eigenvalue weighted by Crippen LogP contribution is -2.39. The van der Waals surface area contributed by atoms with E-state index in [4.69, 9.17) is 4.74 Å². The van der Waals surface area contributed by atoms with E-state index in [1.807, 2.05) is 0 Å². The van der Waals surface area contributed by atoms with E-state index >= 15 is 0 Å². The van der Waals surface area contributed by atoms with Crippen molar-refractivity contribution in [3.63, 3.8) is 0 Å². The fourth-order valence-electron chi connectivity index (χ4n) is 2.89. The molecule has 0 unspecified atom stereocenters. The molecule has 1 saturated heterocycles. The smallest absolute Gasteiger partial charge is 0.416 e. The second kappa shape index (κ2) is 4.44. The molecule has 1 saturated carbocycles. The Morgan fingerprint density at radius 1 is 1.44 bits per heavy atom. The number of imide groups is 1. The SMILES string of the molecule is CC(C)[C@H]1CCC[C@@H]1C(=O)N1CCOC1=O. The third-order valence-electron chi connectivity index (χ3n) is 3.77. The Balaban J connectivity index is 2.06.